The Morgan fingerprint density at radius 1 is 1.07 bits per heavy atom. The number of nitrogens with one attached hydrogen (secondary N) is 1. The molecule has 1 aliphatic rings. The lowest BCUT2D eigenvalue weighted by molar-refractivity contribution is -0.122. The molecule has 0 radical (unpaired) electrons. The van der Waals surface area contributed by atoms with Crippen LogP contribution in [0.15, 0.2) is 54.6 Å². The highest BCUT2D eigenvalue weighted by atomic mass is 35.5. The van der Waals surface area contributed by atoms with E-state index in [0.717, 1.165) is 24.2 Å². The van der Waals surface area contributed by atoms with E-state index in [1.54, 1.807) is 12.1 Å². The third-order valence-electron chi connectivity index (χ3n) is 4.85. The van der Waals surface area contributed by atoms with Crippen molar-refractivity contribution in [2.45, 2.75) is 18.5 Å². The molecule has 0 saturated carbocycles. The number of halogens is 3. The molecule has 0 bridgehead atoms. The highest BCUT2D eigenvalue weighted by molar-refractivity contribution is 5.85. The molecule has 2 unspecified atom stereocenters. The zero-order valence-corrected chi connectivity index (χ0v) is 17.8. The highest BCUT2D eigenvalue weighted by Gasteiger charge is 2.24. The van der Waals surface area contributed by atoms with Crippen LogP contribution in [0.25, 0.3) is 0 Å². The van der Waals surface area contributed by atoms with Crippen LogP contribution in [0.2, 0.25) is 0 Å². The van der Waals surface area contributed by atoms with Gasteiger partial charge in [-0.3, -0.25) is 9.69 Å². The fraction of sp³-hybridized carbons (Fsp3) is 0.381. The van der Waals surface area contributed by atoms with Crippen molar-refractivity contribution in [3.05, 3.63) is 71.5 Å². The zero-order chi connectivity index (χ0) is 19.1. The Balaban J connectivity index is 0.00000210. The summed E-state index contributed by atoms with van der Waals surface area (Å²) in [6.07, 6.45) is 0.492. The number of nitrogens with zero attached hydrogens (tertiary/aromatic N) is 1. The zero-order valence-electron chi connectivity index (χ0n) is 16.1. The molecule has 3 N–H and O–H groups in total. The molecule has 2 aromatic carbocycles. The van der Waals surface area contributed by atoms with E-state index < -0.39 is 6.04 Å². The summed E-state index contributed by atoms with van der Waals surface area (Å²) in [4.78, 5) is 14.7. The molecule has 160 valence electrons. The van der Waals surface area contributed by atoms with Crippen molar-refractivity contribution in [1.82, 2.24) is 10.2 Å². The third kappa shape index (κ3) is 7.57. The standard InChI is InChI=1S/C21H26FN3O2.2ClH/c22-18-8-6-17(7-9-18)20(25-10-12-27-13-11-25)15-24-21(26)19(23)14-16-4-2-1-3-5-16;;/h1-9,19-20H,10-15,23H2,(H,24,26);2*1H. The SMILES string of the molecule is Cl.Cl.NC(Cc1ccccc1)C(=O)NCC(c1ccc(F)cc1)N1CCOCC1. The van der Waals surface area contributed by atoms with Crippen LogP contribution >= 0.6 is 24.8 Å². The van der Waals surface area contributed by atoms with Crippen LogP contribution in [-0.2, 0) is 16.0 Å². The van der Waals surface area contributed by atoms with E-state index in [2.05, 4.69) is 10.2 Å². The van der Waals surface area contributed by atoms with Gasteiger partial charge >= 0.3 is 0 Å². The first-order valence-corrected chi connectivity index (χ1v) is 9.28. The molecule has 29 heavy (non-hydrogen) atoms. The molecule has 1 heterocycles. The van der Waals surface area contributed by atoms with Gasteiger partial charge in [-0.15, -0.1) is 24.8 Å². The lowest BCUT2D eigenvalue weighted by atomic mass is 10.0. The first-order chi connectivity index (χ1) is 13.1. The van der Waals surface area contributed by atoms with Crippen molar-refractivity contribution in [1.29, 1.82) is 0 Å². The molecule has 1 aliphatic heterocycles. The third-order valence-corrected chi connectivity index (χ3v) is 4.85. The maximum atomic E-state index is 13.3. The summed E-state index contributed by atoms with van der Waals surface area (Å²) < 4.78 is 18.7. The minimum atomic E-state index is -0.606. The average Bonchev–Trinajstić information content (AvgIpc) is 2.71. The first kappa shape index (κ1) is 25.3. The predicted octanol–water partition coefficient (Wildman–Crippen LogP) is 2.73. The second-order valence-electron chi connectivity index (χ2n) is 6.76. The molecule has 1 saturated heterocycles. The van der Waals surface area contributed by atoms with Crippen LogP contribution in [0.5, 0.6) is 0 Å². The Morgan fingerprint density at radius 3 is 2.31 bits per heavy atom. The molecule has 8 heteroatoms. The van der Waals surface area contributed by atoms with Gasteiger partial charge in [0.15, 0.2) is 0 Å². The molecule has 0 spiro atoms. The number of benzene rings is 2. The molecule has 2 aromatic rings. The summed E-state index contributed by atoms with van der Waals surface area (Å²) in [6, 6.07) is 15.5. The summed E-state index contributed by atoms with van der Waals surface area (Å²) in [5, 5.41) is 2.97. The van der Waals surface area contributed by atoms with E-state index in [1.165, 1.54) is 12.1 Å². The van der Waals surface area contributed by atoms with E-state index in [4.69, 9.17) is 10.5 Å². The van der Waals surface area contributed by atoms with Gasteiger partial charge in [-0.1, -0.05) is 42.5 Å². The number of morpholine rings is 1. The molecular formula is C21H28Cl2FN3O2. The van der Waals surface area contributed by atoms with Crippen LogP contribution in [0.3, 0.4) is 0 Å². The topological polar surface area (TPSA) is 67.6 Å². The van der Waals surface area contributed by atoms with Crippen molar-refractivity contribution in [2.24, 2.45) is 5.73 Å². The summed E-state index contributed by atoms with van der Waals surface area (Å²) in [6.45, 7) is 3.27. The molecule has 0 aliphatic carbocycles. The van der Waals surface area contributed by atoms with E-state index in [1.807, 2.05) is 30.3 Å². The van der Waals surface area contributed by atoms with Crippen LogP contribution in [0.4, 0.5) is 4.39 Å². The molecule has 1 amide bonds. The Bertz CT molecular complexity index is 728. The van der Waals surface area contributed by atoms with Crippen LogP contribution in [-0.4, -0.2) is 49.7 Å². The van der Waals surface area contributed by atoms with Crippen LogP contribution in [0.1, 0.15) is 17.2 Å². The van der Waals surface area contributed by atoms with E-state index >= 15 is 0 Å². The van der Waals surface area contributed by atoms with Crippen molar-refractivity contribution >= 4 is 30.7 Å². The molecule has 1 fully saturated rings. The Labute approximate surface area is 183 Å². The minimum Gasteiger partial charge on any atom is -0.379 e. The monoisotopic (exact) mass is 443 g/mol. The van der Waals surface area contributed by atoms with E-state index in [0.29, 0.717) is 26.2 Å². The molecule has 2 atom stereocenters. The van der Waals surface area contributed by atoms with Gasteiger partial charge in [0.05, 0.1) is 25.3 Å². The van der Waals surface area contributed by atoms with Crippen molar-refractivity contribution in [2.75, 3.05) is 32.8 Å². The molecule has 3 rings (SSSR count). The van der Waals surface area contributed by atoms with Crippen LogP contribution in [0, 0.1) is 5.82 Å². The number of nitrogens with two attached hydrogens (primary N) is 1. The Hall–Kier alpha value is -1.70. The lowest BCUT2D eigenvalue weighted by Crippen LogP contribution is -2.47. The fourth-order valence-electron chi connectivity index (χ4n) is 3.32. The van der Waals surface area contributed by atoms with Crippen molar-refractivity contribution < 1.29 is 13.9 Å². The maximum absolute atomic E-state index is 13.3. The number of carbonyl (C=O) groups is 1. The van der Waals surface area contributed by atoms with Gasteiger partial charge in [0.1, 0.15) is 5.82 Å². The van der Waals surface area contributed by atoms with Crippen LogP contribution < -0.4 is 11.1 Å². The summed E-state index contributed by atoms with van der Waals surface area (Å²) in [7, 11) is 0. The highest BCUT2D eigenvalue weighted by Crippen LogP contribution is 2.21. The van der Waals surface area contributed by atoms with Gasteiger partial charge in [0.25, 0.3) is 0 Å². The van der Waals surface area contributed by atoms with Crippen molar-refractivity contribution in [3.8, 4) is 0 Å². The second-order valence-corrected chi connectivity index (χ2v) is 6.76. The second kappa shape index (κ2) is 12.8. The summed E-state index contributed by atoms with van der Waals surface area (Å²) in [5.41, 5.74) is 8.08. The quantitative estimate of drug-likeness (QED) is 0.690. The smallest absolute Gasteiger partial charge is 0.237 e. The average molecular weight is 444 g/mol. The van der Waals surface area contributed by atoms with E-state index in [9.17, 15) is 9.18 Å². The van der Waals surface area contributed by atoms with Gasteiger partial charge in [0.2, 0.25) is 5.91 Å². The summed E-state index contributed by atoms with van der Waals surface area (Å²) in [5.74, 6) is -0.451. The number of amides is 1. The van der Waals surface area contributed by atoms with E-state index in [-0.39, 0.29) is 42.6 Å². The Morgan fingerprint density at radius 2 is 1.69 bits per heavy atom. The number of hydrogen-bond donors (Lipinski definition) is 2. The number of ether oxygens (including phenoxy) is 1. The first-order valence-electron chi connectivity index (χ1n) is 9.28. The van der Waals surface area contributed by atoms with Gasteiger partial charge in [-0.2, -0.15) is 0 Å². The van der Waals surface area contributed by atoms with Gasteiger partial charge in [-0.25, -0.2) is 4.39 Å². The minimum absolute atomic E-state index is 0. The van der Waals surface area contributed by atoms with Crippen molar-refractivity contribution in [3.63, 3.8) is 0 Å². The number of rotatable bonds is 7. The predicted molar refractivity (Wildman–Crippen MR) is 117 cm³/mol. The largest absolute Gasteiger partial charge is 0.379 e. The maximum Gasteiger partial charge on any atom is 0.237 e. The Kier molecular flexibility index (Phi) is 11.2. The summed E-state index contributed by atoms with van der Waals surface area (Å²) >= 11 is 0. The van der Waals surface area contributed by atoms with Gasteiger partial charge in [0, 0.05) is 19.6 Å². The fourth-order valence-corrected chi connectivity index (χ4v) is 3.32. The molecular weight excluding hydrogens is 416 g/mol. The normalized spacial score (nSPS) is 16.1. The molecule has 5 nitrogen and oxygen atoms in total. The number of hydrogen-bond acceptors (Lipinski definition) is 4. The molecule has 0 aromatic heterocycles. The lowest BCUT2D eigenvalue weighted by Gasteiger charge is -2.35. The van der Waals surface area contributed by atoms with Gasteiger partial charge < -0.3 is 15.8 Å². The number of carbonyl (C=O) groups excluding carboxylic acids is 1. The van der Waals surface area contributed by atoms with Gasteiger partial charge in [-0.05, 0) is 29.7 Å².